The molecule has 0 amide bonds. The zero-order chi connectivity index (χ0) is 15.7. The average molecular weight is 356 g/mol. The van der Waals surface area contributed by atoms with E-state index in [1.807, 2.05) is 12.1 Å². The number of benzene rings is 2. The summed E-state index contributed by atoms with van der Waals surface area (Å²) >= 11 is 12.5. The topological polar surface area (TPSA) is 37.0 Å². The predicted octanol–water partition coefficient (Wildman–Crippen LogP) is 5.04. The van der Waals surface area contributed by atoms with E-state index >= 15 is 0 Å². The molecule has 0 spiro atoms. The van der Waals surface area contributed by atoms with Crippen molar-refractivity contribution in [3.05, 3.63) is 53.1 Å². The highest BCUT2D eigenvalue weighted by Crippen LogP contribution is 2.30. The maximum absolute atomic E-state index is 13.5. The van der Waals surface area contributed by atoms with E-state index in [4.69, 9.17) is 23.8 Å². The van der Waals surface area contributed by atoms with E-state index in [2.05, 4.69) is 15.6 Å². The molecule has 22 heavy (non-hydrogen) atoms. The molecule has 0 unspecified atom stereocenters. The summed E-state index contributed by atoms with van der Waals surface area (Å²) < 4.78 is 27.3. The van der Waals surface area contributed by atoms with Crippen molar-refractivity contribution >= 4 is 61.3 Å². The van der Waals surface area contributed by atoms with Crippen molar-refractivity contribution in [1.82, 2.24) is 4.98 Å². The minimum Gasteiger partial charge on any atom is -0.330 e. The number of fused-ring (bicyclic) bond motifs is 1. The second-order valence-electron chi connectivity index (χ2n) is 4.31. The molecule has 0 aliphatic heterocycles. The first-order valence-corrected chi connectivity index (χ1v) is 7.71. The van der Waals surface area contributed by atoms with Crippen LogP contribution in [0.25, 0.3) is 10.2 Å². The van der Waals surface area contributed by atoms with Crippen molar-refractivity contribution in [2.75, 3.05) is 10.6 Å². The van der Waals surface area contributed by atoms with Gasteiger partial charge in [0.1, 0.15) is 17.2 Å². The number of nitrogens with zero attached hydrogens (tertiary/aromatic N) is 1. The van der Waals surface area contributed by atoms with Crippen molar-refractivity contribution in [2.45, 2.75) is 0 Å². The quantitative estimate of drug-likeness (QED) is 0.632. The van der Waals surface area contributed by atoms with Crippen molar-refractivity contribution in [2.24, 2.45) is 0 Å². The molecular formula is C14H8ClF2N3S2. The number of nitrogens with one attached hydrogen (secondary N) is 2. The monoisotopic (exact) mass is 355 g/mol. The second-order valence-corrected chi connectivity index (χ2v) is 6.15. The number of rotatable bonds is 2. The maximum Gasteiger partial charge on any atom is 0.190 e. The summed E-state index contributed by atoms with van der Waals surface area (Å²) in [5, 5.41) is 6.75. The van der Waals surface area contributed by atoms with Crippen LogP contribution in [0.5, 0.6) is 0 Å². The molecule has 3 aromatic rings. The summed E-state index contributed by atoms with van der Waals surface area (Å²) in [6, 6.07) is 8.66. The van der Waals surface area contributed by atoms with Crippen LogP contribution in [0.15, 0.2) is 36.4 Å². The highest BCUT2D eigenvalue weighted by atomic mass is 35.5. The van der Waals surface area contributed by atoms with E-state index in [1.54, 1.807) is 6.07 Å². The Balaban J connectivity index is 1.77. The predicted molar refractivity (Wildman–Crippen MR) is 90.8 cm³/mol. The van der Waals surface area contributed by atoms with Crippen LogP contribution in [-0.4, -0.2) is 10.1 Å². The van der Waals surface area contributed by atoms with Gasteiger partial charge in [-0.2, -0.15) is 0 Å². The summed E-state index contributed by atoms with van der Waals surface area (Å²) in [6.45, 7) is 0. The van der Waals surface area contributed by atoms with Crippen molar-refractivity contribution in [3.63, 3.8) is 0 Å². The van der Waals surface area contributed by atoms with Gasteiger partial charge in [0.25, 0.3) is 0 Å². The van der Waals surface area contributed by atoms with Crippen LogP contribution in [0.2, 0.25) is 5.02 Å². The van der Waals surface area contributed by atoms with E-state index in [9.17, 15) is 8.78 Å². The molecule has 0 bridgehead atoms. The number of anilines is 2. The molecule has 112 valence electrons. The van der Waals surface area contributed by atoms with Gasteiger partial charge in [0, 0.05) is 6.07 Å². The van der Waals surface area contributed by atoms with Gasteiger partial charge >= 0.3 is 0 Å². The molecule has 3 nitrogen and oxygen atoms in total. The van der Waals surface area contributed by atoms with Crippen LogP contribution < -0.4 is 10.6 Å². The minimum absolute atomic E-state index is 0.0815. The van der Waals surface area contributed by atoms with E-state index in [0.29, 0.717) is 15.7 Å². The molecule has 2 N–H and O–H groups in total. The molecular weight excluding hydrogens is 348 g/mol. The third-order valence-electron chi connectivity index (χ3n) is 2.77. The number of thiocarbonyl (C=S) groups is 1. The van der Waals surface area contributed by atoms with Gasteiger partial charge in [0.15, 0.2) is 10.2 Å². The lowest BCUT2D eigenvalue weighted by Crippen LogP contribution is -2.19. The van der Waals surface area contributed by atoms with Gasteiger partial charge in [-0.15, -0.1) is 0 Å². The molecule has 8 heteroatoms. The van der Waals surface area contributed by atoms with Gasteiger partial charge in [-0.05, 0) is 36.5 Å². The molecule has 0 radical (unpaired) electrons. The molecule has 0 aliphatic rings. The molecule has 2 aromatic carbocycles. The fourth-order valence-electron chi connectivity index (χ4n) is 1.81. The Hall–Kier alpha value is -1.83. The van der Waals surface area contributed by atoms with Crippen LogP contribution >= 0.6 is 35.2 Å². The van der Waals surface area contributed by atoms with Crippen LogP contribution in [0.4, 0.5) is 19.6 Å². The molecule has 0 atom stereocenters. The molecule has 0 aliphatic carbocycles. The maximum atomic E-state index is 13.5. The van der Waals surface area contributed by atoms with Gasteiger partial charge in [-0.3, -0.25) is 0 Å². The summed E-state index contributed by atoms with van der Waals surface area (Å²) in [6.07, 6.45) is 0. The van der Waals surface area contributed by atoms with Crippen LogP contribution in [0.3, 0.4) is 0 Å². The lowest BCUT2D eigenvalue weighted by molar-refractivity contribution is 0.586. The Kier molecular flexibility index (Phi) is 4.19. The number of halogens is 3. The number of para-hydroxylation sites is 1. The second kappa shape index (κ2) is 6.12. The standard InChI is InChI=1S/C14H8ClF2N3S2/c15-8-2-1-3-11-12(8)19-14(22-11)20-13(21)18-10-5-4-7(16)6-9(10)17/h1-6H,(H2,18,19,20,21). The Morgan fingerprint density at radius 1 is 1.18 bits per heavy atom. The zero-order valence-electron chi connectivity index (χ0n) is 10.9. The highest BCUT2D eigenvalue weighted by molar-refractivity contribution is 7.80. The normalized spacial score (nSPS) is 10.7. The highest BCUT2D eigenvalue weighted by Gasteiger charge is 2.10. The molecule has 0 saturated heterocycles. The average Bonchev–Trinajstić information content (AvgIpc) is 2.86. The smallest absolute Gasteiger partial charge is 0.190 e. The largest absolute Gasteiger partial charge is 0.330 e. The molecule has 1 heterocycles. The lowest BCUT2D eigenvalue weighted by atomic mass is 10.3. The lowest BCUT2D eigenvalue weighted by Gasteiger charge is -2.09. The number of aromatic nitrogens is 1. The summed E-state index contributed by atoms with van der Waals surface area (Å²) in [5.41, 5.74) is 0.755. The van der Waals surface area contributed by atoms with Crippen molar-refractivity contribution in [1.29, 1.82) is 0 Å². The van der Waals surface area contributed by atoms with Crippen LogP contribution in [-0.2, 0) is 0 Å². The number of thiazole rings is 1. The van der Waals surface area contributed by atoms with E-state index in [0.717, 1.165) is 16.8 Å². The summed E-state index contributed by atoms with van der Waals surface area (Å²) in [7, 11) is 0. The Morgan fingerprint density at radius 2 is 2.00 bits per heavy atom. The van der Waals surface area contributed by atoms with Gasteiger partial charge in [0.2, 0.25) is 0 Å². The van der Waals surface area contributed by atoms with Gasteiger partial charge in [-0.25, -0.2) is 13.8 Å². The number of hydrogen-bond acceptors (Lipinski definition) is 3. The first-order valence-electron chi connectivity index (χ1n) is 6.11. The van der Waals surface area contributed by atoms with Gasteiger partial charge in [-0.1, -0.05) is 29.0 Å². The first kappa shape index (κ1) is 15.1. The SMILES string of the molecule is Fc1ccc(NC(=S)Nc2nc3c(Cl)cccc3s2)c(F)c1. The summed E-state index contributed by atoms with van der Waals surface area (Å²) in [4.78, 5) is 4.32. The first-order chi connectivity index (χ1) is 10.5. The number of hydrogen-bond donors (Lipinski definition) is 2. The van der Waals surface area contributed by atoms with Crippen LogP contribution in [0.1, 0.15) is 0 Å². The van der Waals surface area contributed by atoms with Crippen LogP contribution in [0, 0.1) is 11.6 Å². The molecule has 1 aromatic heterocycles. The Morgan fingerprint density at radius 3 is 2.73 bits per heavy atom. The fraction of sp³-hybridized carbons (Fsp3) is 0. The fourth-order valence-corrected chi connectivity index (χ4v) is 3.25. The Labute approximate surface area is 138 Å². The van der Waals surface area contributed by atoms with Gasteiger partial charge < -0.3 is 10.6 Å². The van der Waals surface area contributed by atoms with E-state index < -0.39 is 11.6 Å². The third kappa shape index (κ3) is 3.16. The summed E-state index contributed by atoms with van der Waals surface area (Å²) in [5.74, 6) is -1.38. The Bertz CT molecular complexity index is 866. The van der Waals surface area contributed by atoms with Gasteiger partial charge in [0.05, 0.1) is 15.4 Å². The minimum atomic E-state index is -0.725. The van der Waals surface area contributed by atoms with Crippen molar-refractivity contribution in [3.8, 4) is 0 Å². The zero-order valence-corrected chi connectivity index (χ0v) is 13.3. The van der Waals surface area contributed by atoms with E-state index in [1.165, 1.54) is 17.4 Å². The molecule has 3 rings (SSSR count). The molecule has 0 fully saturated rings. The van der Waals surface area contributed by atoms with Crippen molar-refractivity contribution < 1.29 is 8.78 Å². The molecule has 0 saturated carbocycles. The third-order valence-corrected chi connectivity index (χ3v) is 4.21. The van der Waals surface area contributed by atoms with E-state index in [-0.39, 0.29) is 10.8 Å².